The van der Waals surface area contributed by atoms with Crippen LogP contribution in [0.2, 0.25) is 5.02 Å². The highest BCUT2D eigenvalue weighted by Gasteiger charge is 2.18. The van der Waals surface area contributed by atoms with Crippen LogP contribution in [0.5, 0.6) is 0 Å². The molecule has 2 aromatic rings. The maximum absolute atomic E-state index is 11.8. The molecule has 0 aliphatic rings. The van der Waals surface area contributed by atoms with E-state index < -0.39 is 5.91 Å². The summed E-state index contributed by atoms with van der Waals surface area (Å²) < 4.78 is 5.47. The summed E-state index contributed by atoms with van der Waals surface area (Å²) in [5.41, 5.74) is 0.312. The summed E-state index contributed by atoms with van der Waals surface area (Å²) in [5.74, 6) is -0.618. The first-order chi connectivity index (χ1) is 8.08. The summed E-state index contributed by atoms with van der Waals surface area (Å²) in [6.07, 6.45) is 0. The first kappa shape index (κ1) is 12.2. The molecule has 0 saturated heterocycles. The largest absolute Gasteiger partial charge is 0.444 e. The number of hydrogen-bond acceptors (Lipinski definition) is 3. The molecular weight excluding hydrogens is 309 g/mol. The van der Waals surface area contributed by atoms with Crippen molar-refractivity contribution in [3.63, 3.8) is 0 Å². The lowest BCUT2D eigenvalue weighted by Crippen LogP contribution is -2.26. The molecule has 2 rings (SSSR count). The molecule has 1 amide bonds. The second-order valence-corrected chi connectivity index (χ2v) is 4.42. The van der Waals surface area contributed by atoms with Crippen LogP contribution in [-0.4, -0.2) is 11.1 Å². The zero-order chi connectivity index (χ0) is 12.4. The van der Waals surface area contributed by atoms with Crippen LogP contribution in [0.25, 0.3) is 0 Å². The lowest BCUT2D eigenvalue weighted by atomic mass is 10.3. The van der Waals surface area contributed by atoms with E-state index in [1.807, 2.05) is 0 Å². The molecule has 0 unspecified atom stereocenters. The van der Waals surface area contributed by atoms with Crippen molar-refractivity contribution < 1.29 is 14.4 Å². The molecular formula is C11H7BrClNO3. The van der Waals surface area contributed by atoms with E-state index in [0.717, 1.165) is 0 Å². The molecule has 0 atom stereocenters. The van der Waals surface area contributed by atoms with Crippen LogP contribution < -0.4 is 5.06 Å². The second-order valence-electron chi connectivity index (χ2n) is 3.20. The smallest absolute Gasteiger partial charge is 0.317 e. The molecule has 1 N–H and O–H groups in total. The third-order valence-electron chi connectivity index (χ3n) is 2.05. The minimum atomic E-state index is -0.655. The number of halogens is 2. The van der Waals surface area contributed by atoms with Crippen LogP contribution in [0, 0.1) is 0 Å². The molecule has 17 heavy (non-hydrogen) atoms. The van der Waals surface area contributed by atoms with Gasteiger partial charge in [-0.3, -0.25) is 10.0 Å². The number of carbonyl (C=O) groups is 1. The quantitative estimate of drug-likeness (QED) is 0.678. The zero-order valence-corrected chi connectivity index (χ0v) is 10.8. The first-order valence-corrected chi connectivity index (χ1v) is 5.79. The summed E-state index contributed by atoms with van der Waals surface area (Å²) in [6.45, 7) is 0. The van der Waals surface area contributed by atoms with Crippen LogP contribution in [0.4, 0.5) is 5.69 Å². The predicted octanol–water partition coefficient (Wildman–Crippen LogP) is 3.73. The van der Waals surface area contributed by atoms with E-state index in [9.17, 15) is 10.0 Å². The van der Waals surface area contributed by atoms with Crippen molar-refractivity contribution in [2.75, 3.05) is 5.06 Å². The molecule has 0 aliphatic carbocycles. The molecule has 1 aromatic carbocycles. The van der Waals surface area contributed by atoms with Gasteiger partial charge in [-0.1, -0.05) is 11.6 Å². The Morgan fingerprint density at radius 1 is 1.24 bits per heavy atom. The molecule has 4 nitrogen and oxygen atoms in total. The third-order valence-corrected chi connectivity index (χ3v) is 2.73. The van der Waals surface area contributed by atoms with Gasteiger partial charge in [0.15, 0.2) is 10.4 Å². The van der Waals surface area contributed by atoms with Gasteiger partial charge in [0.1, 0.15) is 0 Å². The minimum Gasteiger partial charge on any atom is -0.444 e. The van der Waals surface area contributed by atoms with Crippen LogP contribution >= 0.6 is 27.5 Å². The Labute approximate surface area is 110 Å². The Kier molecular flexibility index (Phi) is 3.51. The van der Waals surface area contributed by atoms with Crippen molar-refractivity contribution in [1.82, 2.24) is 0 Å². The average molecular weight is 317 g/mol. The van der Waals surface area contributed by atoms with Gasteiger partial charge in [0.2, 0.25) is 0 Å². The molecule has 0 bridgehead atoms. The van der Waals surface area contributed by atoms with Crippen molar-refractivity contribution in [3.05, 3.63) is 51.9 Å². The standard InChI is InChI=1S/C11H7BrClNO3/c12-10-6-5-9(17-10)11(15)14(16)8-3-1-7(13)2-4-8/h1-6,16H. The molecule has 0 saturated carbocycles. The number of furan rings is 1. The number of hydrogen-bond donors (Lipinski definition) is 1. The topological polar surface area (TPSA) is 53.7 Å². The summed E-state index contributed by atoms with van der Waals surface area (Å²) in [4.78, 5) is 11.8. The summed E-state index contributed by atoms with van der Waals surface area (Å²) >= 11 is 8.79. The summed E-state index contributed by atoms with van der Waals surface area (Å²) in [6, 6.07) is 9.24. The van der Waals surface area contributed by atoms with E-state index in [1.54, 1.807) is 18.2 Å². The van der Waals surface area contributed by atoms with E-state index in [2.05, 4.69) is 15.9 Å². The molecule has 1 heterocycles. The summed E-state index contributed by atoms with van der Waals surface area (Å²) in [7, 11) is 0. The van der Waals surface area contributed by atoms with E-state index in [-0.39, 0.29) is 5.76 Å². The van der Waals surface area contributed by atoms with Crippen molar-refractivity contribution in [3.8, 4) is 0 Å². The fraction of sp³-hybridized carbons (Fsp3) is 0. The number of carbonyl (C=O) groups excluding carboxylic acids is 1. The Bertz CT molecular complexity index is 538. The van der Waals surface area contributed by atoms with Gasteiger partial charge in [-0.15, -0.1) is 0 Å². The van der Waals surface area contributed by atoms with E-state index in [1.165, 1.54) is 18.2 Å². The number of amides is 1. The van der Waals surface area contributed by atoms with Crippen molar-refractivity contribution >= 4 is 39.1 Å². The highest BCUT2D eigenvalue weighted by Crippen LogP contribution is 2.20. The molecule has 88 valence electrons. The van der Waals surface area contributed by atoms with Gasteiger partial charge in [0.25, 0.3) is 0 Å². The number of hydroxylamine groups is 1. The van der Waals surface area contributed by atoms with Gasteiger partial charge in [0.05, 0.1) is 5.69 Å². The lowest BCUT2D eigenvalue weighted by Gasteiger charge is -2.13. The van der Waals surface area contributed by atoms with Crippen LogP contribution in [0.3, 0.4) is 0 Å². The molecule has 0 radical (unpaired) electrons. The third kappa shape index (κ3) is 2.69. The van der Waals surface area contributed by atoms with Gasteiger partial charge in [0, 0.05) is 5.02 Å². The Balaban J connectivity index is 2.23. The molecule has 6 heteroatoms. The SMILES string of the molecule is O=C(c1ccc(Br)o1)N(O)c1ccc(Cl)cc1. The van der Waals surface area contributed by atoms with Gasteiger partial charge < -0.3 is 4.42 Å². The fourth-order valence-corrected chi connectivity index (χ4v) is 1.67. The van der Waals surface area contributed by atoms with Crippen LogP contribution in [0.1, 0.15) is 10.6 Å². The normalized spacial score (nSPS) is 10.3. The fourth-order valence-electron chi connectivity index (χ4n) is 1.23. The lowest BCUT2D eigenvalue weighted by molar-refractivity contribution is 0.0825. The van der Waals surface area contributed by atoms with E-state index in [4.69, 9.17) is 16.0 Å². The molecule has 0 spiro atoms. The van der Waals surface area contributed by atoms with Gasteiger partial charge in [-0.2, -0.15) is 5.06 Å². The van der Waals surface area contributed by atoms with Crippen molar-refractivity contribution in [2.24, 2.45) is 0 Å². The average Bonchev–Trinajstić information content (AvgIpc) is 2.75. The number of anilines is 1. The van der Waals surface area contributed by atoms with E-state index in [0.29, 0.717) is 20.4 Å². The first-order valence-electron chi connectivity index (χ1n) is 4.62. The summed E-state index contributed by atoms with van der Waals surface area (Å²) in [5, 5.41) is 10.7. The van der Waals surface area contributed by atoms with Gasteiger partial charge in [-0.05, 0) is 52.3 Å². The van der Waals surface area contributed by atoms with Crippen LogP contribution in [-0.2, 0) is 0 Å². The Hall–Kier alpha value is -1.30. The molecule has 1 aromatic heterocycles. The minimum absolute atomic E-state index is 0.0364. The van der Waals surface area contributed by atoms with Gasteiger partial charge >= 0.3 is 5.91 Å². The van der Waals surface area contributed by atoms with Crippen molar-refractivity contribution in [2.45, 2.75) is 0 Å². The highest BCUT2D eigenvalue weighted by atomic mass is 79.9. The predicted molar refractivity (Wildman–Crippen MR) is 66.5 cm³/mol. The Morgan fingerprint density at radius 3 is 2.41 bits per heavy atom. The van der Waals surface area contributed by atoms with Crippen LogP contribution in [0.15, 0.2) is 45.5 Å². The number of rotatable bonds is 2. The highest BCUT2D eigenvalue weighted by molar-refractivity contribution is 9.10. The zero-order valence-electron chi connectivity index (χ0n) is 8.43. The Morgan fingerprint density at radius 2 is 1.88 bits per heavy atom. The number of benzene rings is 1. The monoisotopic (exact) mass is 315 g/mol. The number of nitrogens with zero attached hydrogens (tertiary/aromatic N) is 1. The molecule has 0 fully saturated rings. The van der Waals surface area contributed by atoms with Crippen molar-refractivity contribution in [1.29, 1.82) is 0 Å². The molecule has 0 aliphatic heterocycles. The van der Waals surface area contributed by atoms with Gasteiger partial charge in [-0.25, -0.2) is 0 Å². The maximum Gasteiger partial charge on any atom is 0.317 e. The maximum atomic E-state index is 11.8. The van der Waals surface area contributed by atoms with E-state index >= 15 is 0 Å². The second kappa shape index (κ2) is 4.91.